The number of benzene rings is 2. The van der Waals surface area contributed by atoms with Crippen molar-refractivity contribution in [3.05, 3.63) is 64.7 Å². The first-order chi connectivity index (χ1) is 9.22. The number of nitrogens with one attached hydrogen (secondary N) is 1. The first-order valence-electron chi connectivity index (χ1n) is 6.44. The Morgan fingerprint density at radius 2 is 1.68 bits per heavy atom. The first kappa shape index (κ1) is 13.9. The van der Waals surface area contributed by atoms with Crippen molar-refractivity contribution in [3.8, 4) is 0 Å². The van der Waals surface area contributed by atoms with Crippen LogP contribution < -0.4 is 5.32 Å². The molecular weight excluding hydrogens is 258 g/mol. The Bertz CT molecular complexity index is 507. The van der Waals surface area contributed by atoms with Crippen molar-refractivity contribution < 1.29 is 5.11 Å². The number of halogens is 1. The highest BCUT2D eigenvalue weighted by Crippen LogP contribution is 2.24. The van der Waals surface area contributed by atoms with E-state index < -0.39 is 0 Å². The standard InChI is InChI=1S/C16H18ClNO/c1-2-16(13-5-7-14(17)8-6-13)18-15-9-3-12(11-19)4-10-15/h3-10,16,18-19H,2,11H2,1H3. The van der Waals surface area contributed by atoms with Crippen LogP contribution in [0.15, 0.2) is 48.5 Å². The summed E-state index contributed by atoms with van der Waals surface area (Å²) in [7, 11) is 0. The highest BCUT2D eigenvalue weighted by atomic mass is 35.5. The molecule has 2 aromatic rings. The molecule has 0 saturated carbocycles. The number of aliphatic hydroxyl groups is 1. The van der Waals surface area contributed by atoms with Gasteiger partial charge >= 0.3 is 0 Å². The van der Waals surface area contributed by atoms with Crippen molar-refractivity contribution >= 4 is 17.3 Å². The summed E-state index contributed by atoms with van der Waals surface area (Å²) in [6.07, 6.45) is 0.989. The average molecular weight is 276 g/mol. The predicted molar refractivity (Wildman–Crippen MR) is 80.5 cm³/mol. The largest absolute Gasteiger partial charge is 0.392 e. The van der Waals surface area contributed by atoms with Crippen molar-refractivity contribution in [1.82, 2.24) is 0 Å². The molecular formula is C16H18ClNO. The lowest BCUT2D eigenvalue weighted by Gasteiger charge is -2.19. The van der Waals surface area contributed by atoms with Crippen LogP contribution in [0.2, 0.25) is 5.02 Å². The molecule has 0 saturated heterocycles. The Kier molecular flexibility index (Phi) is 4.83. The Labute approximate surface area is 119 Å². The van der Waals surface area contributed by atoms with Gasteiger partial charge in [-0.2, -0.15) is 0 Å². The average Bonchev–Trinajstić information content (AvgIpc) is 2.46. The van der Waals surface area contributed by atoms with Crippen LogP contribution in [-0.2, 0) is 6.61 Å². The predicted octanol–water partition coefficient (Wildman–Crippen LogP) is 4.40. The zero-order valence-electron chi connectivity index (χ0n) is 10.9. The Hall–Kier alpha value is -1.51. The minimum absolute atomic E-state index is 0.0780. The van der Waals surface area contributed by atoms with E-state index in [1.54, 1.807) is 0 Å². The third-order valence-electron chi connectivity index (χ3n) is 3.16. The van der Waals surface area contributed by atoms with Crippen LogP contribution in [0.4, 0.5) is 5.69 Å². The van der Waals surface area contributed by atoms with Crippen LogP contribution in [0, 0.1) is 0 Å². The van der Waals surface area contributed by atoms with Gasteiger partial charge in [-0.15, -0.1) is 0 Å². The van der Waals surface area contributed by atoms with E-state index in [2.05, 4.69) is 12.2 Å². The van der Waals surface area contributed by atoms with Crippen molar-refractivity contribution in [3.63, 3.8) is 0 Å². The maximum Gasteiger partial charge on any atom is 0.0681 e. The highest BCUT2D eigenvalue weighted by molar-refractivity contribution is 6.30. The fourth-order valence-electron chi connectivity index (χ4n) is 2.02. The summed E-state index contributed by atoms with van der Waals surface area (Å²) >= 11 is 5.91. The van der Waals surface area contributed by atoms with E-state index in [9.17, 15) is 0 Å². The molecule has 0 aliphatic heterocycles. The van der Waals surface area contributed by atoms with Crippen LogP contribution in [0.1, 0.15) is 30.5 Å². The summed E-state index contributed by atoms with van der Waals surface area (Å²) in [5.41, 5.74) is 3.20. The molecule has 1 atom stereocenters. The molecule has 0 bridgehead atoms. The van der Waals surface area contributed by atoms with Gasteiger partial charge in [0.25, 0.3) is 0 Å². The monoisotopic (exact) mass is 275 g/mol. The van der Waals surface area contributed by atoms with Gasteiger partial charge in [-0.05, 0) is 41.8 Å². The van der Waals surface area contributed by atoms with Gasteiger partial charge in [0, 0.05) is 10.7 Å². The van der Waals surface area contributed by atoms with Gasteiger partial charge in [0.15, 0.2) is 0 Å². The number of rotatable bonds is 5. The highest BCUT2D eigenvalue weighted by Gasteiger charge is 2.08. The van der Waals surface area contributed by atoms with Crippen molar-refractivity contribution in [2.45, 2.75) is 26.0 Å². The third kappa shape index (κ3) is 3.72. The molecule has 3 heteroatoms. The zero-order valence-corrected chi connectivity index (χ0v) is 11.7. The molecule has 0 aliphatic rings. The van der Waals surface area contributed by atoms with E-state index in [1.807, 2.05) is 48.5 Å². The molecule has 2 N–H and O–H groups in total. The molecule has 19 heavy (non-hydrogen) atoms. The van der Waals surface area contributed by atoms with E-state index in [0.717, 1.165) is 22.7 Å². The second-order valence-electron chi connectivity index (χ2n) is 4.51. The Balaban J connectivity index is 2.11. The fourth-order valence-corrected chi connectivity index (χ4v) is 2.15. The Morgan fingerprint density at radius 1 is 1.05 bits per heavy atom. The maximum atomic E-state index is 9.03. The number of anilines is 1. The number of hydrogen-bond donors (Lipinski definition) is 2. The lowest BCUT2D eigenvalue weighted by atomic mass is 10.0. The molecule has 1 unspecified atom stereocenters. The molecule has 0 spiro atoms. The molecule has 100 valence electrons. The molecule has 0 aliphatic carbocycles. The van der Waals surface area contributed by atoms with Gasteiger partial charge in [-0.1, -0.05) is 42.8 Å². The zero-order chi connectivity index (χ0) is 13.7. The summed E-state index contributed by atoms with van der Waals surface area (Å²) in [4.78, 5) is 0. The summed E-state index contributed by atoms with van der Waals surface area (Å²) in [6.45, 7) is 2.23. The lowest BCUT2D eigenvalue weighted by Crippen LogP contribution is -2.09. The summed E-state index contributed by atoms with van der Waals surface area (Å²) < 4.78 is 0. The SMILES string of the molecule is CCC(Nc1ccc(CO)cc1)c1ccc(Cl)cc1. The number of hydrogen-bond acceptors (Lipinski definition) is 2. The van der Waals surface area contributed by atoms with Gasteiger partial charge in [-0.3, -0.25) is 0 Å². The molecule has 0 fully saturated rings. The summed E-state index contributed by atoms with van der Waals surface area (Å²) in [5.74, 6) is 0. The minimum Gasteiger partial charge on any atom is -0.392 e. The molecule has 0 amide bonds. The van der Waals surface area contributed by atoms with Crippen molar-refractivity contribution in [1.29, 1.82) is 0 Å². The van der Waals surface area contributed by atoms with Gasteiger partial charge < -0.3 is 10.4 Å². The van der Waals surface area contributed by atoms with Gasteiger partial charge in [0.05, 0.1) is 12.6 Å². The molecule has 0 aromatic heterocycles. The first-order valence-corrected chi connectivity index (χ1v) is 6.82. The normalized spacial score (nSPS) is 12.2. The number of aliphatic hydroxyl groups excluding tert-OH is 1. The van der Waals surface area contributed by atoms with Gasteiger partial charge in [0.1, 0.15) is 0 Å². The van der Waals surface area contributed by atoms with E-state index in [1.165, 1.54) is 5.56 Å². The van der Waals surface area contributed by atoms with Crippen LogP contribution in [-0.4, -0.2) is 5.11 Å². The second-order valence-corrected chi connectivity index (χ2v) is 4.95. The third-order valence-corrected chi connectivity index (χ3v) is 3.41. The minimum atomic E-state index is 0.0780. The quantitative estimate of drug-likeness (QED) is 0.848. The van der Waals surface area contributed by atoms with E-state index in [0.29, 0.717) is 0 Å². The van der Waals surface area contributed by atoms with Crippen molar-refractivity contribution in [2.75, 3.05) is 5.32 Å². The molecule has 2 nitrogen and oxygen atoms in total. The molecule has 0 heterocycles. The van der Waals surface area contributed by atoms with Crippen LogP contribution in [0.5, 0.6) is 0 Å². The maximum absolute atomic E-state index is 9.03. The van der Waals surface area contributed by atoms with E-state index in [-0.39, 0.29) is 12.6 Å². The Morgan fingerprint density at radius 3 is 2.21 bits per heavy atom. The lowest BCUT2D eigenvalue weighted by molar-refractivity contribution is 0.282. The van der Waals surface area contributed by atoms with E-state index in [4.69, 9.17) is 16.7 Å². The van der Waals surface area contributed by atoms with E-state index >= 15 is 0 Å². The van der Waals surface area contributed by atoms with Crippen LogP contribution in [0.3, 0.4) is 0 Å². The molecule has 2 rings (SSSR count). The summed E-state index contributed by atoms with van der Waals surface area (Å²) in [6, 6.07) is 16.0. The topological polar surface area (TPSA) is 32.3 Å². The van der Waals surface area contributed by atoms with Gasteiger partial charge in [0.2, 0.25) is 0 Å². The molecule has 0 radical (unpaired) electrons. The fraction of sp³-hybridized carbons (Fsp3) is 0.250. The second kappa shape index (κ2) is 6.60. The molecule has 2 aromatic carbocycles. The van der Waals surface area contributed by atoms with Crippen LogP contribution >= 0.6 is 11.6 Å². The van der Waals surface area contributed by atoms with Crippen molar-refractivity contribution in [2.24, 2.45) is 0 Å². The smallest absolute Gasteiger partial charge is 0.0681 e. The summed E-state index contributed by atoms with van der Waals surface area (Å²) in [5, 5.41) is 13.3. The van der Waals surface area contributed by atoms with Crippen LogP contribution in [0.25, 0.3) is 0 Å². The van der Waals surface area contributed by atoms with Gasteiger partial charge in [-0.25, -0.2) is 0 Å².